The Morgan fingerprint density at radius 1 is 1.10 bits per heavy atom. The Balaban J connectivity index is 1.86. The number of nitrogens with one attached hydrogen (secondary N) is 1. The maximum absolute atomic E-state index is 6.19. The van der Waals surface area contributed by atoms with Gasteiger partial charge in [-0.1, -0.05) is 24.3 Å². The zero-order chi connectivity index (χ0) is 14.8. The monoisotopic (exact) mass is 283 g/mol. The summed E-state index contributed by atoms with van der Waals surface area (Å²) in [5.74, 6) is 1.85. The van der Waals surface area contributed by atoms with Crippen LogP contribution in [0.2, 0.25) is 0 Å². The summed E-state index contributed by atoms with van der Waals surface area (Å²) in [5.41, 5.74) is 3.58. The van der Waals surface area contributed by atoms with Gasteiger partial charge in [-0.2, -0.15) is 0 Å². The van der Waals surface area contributed by atoms with Crippen LogP contribution in [0.1, 0.15) is 22.7 Å². The van der Waals surface area contributed by atoms with Crippen molar-refractivity contribution in [3.05, 3.63) is 59.2 Å². The second-order valence-electron chi connectivity index (χ2n) is 5.59. The van der Waals surface area contributed by atoms with Crippen LogP contribution in [0.3, 0.4) is 0 Å². The number of para-hydroxylation sites is 1. The van der Waals surface area contributed by atoms with Crippen LogP contribution in [0.4, 0.5) is 0 Å². The van der Waals surface area contributed by atoms with Crippen molar-refractivity contribution in [2.75, 3.05) is 13.7 Å². The molecule has 110 valence electrons. The summed E-state index contributed by atoms with van der Waals surface area (Å²) in [6, 6.07) is 14.5. The largest absolute Gasteiger partial charge is 0.489 e. The highest BCUT2D eigenvalue weighted by Crippen LogP contribution is 2.33. The Labute approximate surface area is 125 Å². The van der Waals surface area contributed by atoms with Crippen LogP contribution in [-0.2, 0) is 0 Å². The predicted octanol–water partition coefficient (Wildman–Crippen LogP) is 3.40. The predicted molar refractivity (Wildman–Crippen MR) is 84.1 cm³/mol. The van der Waals surface area contributed by atoms with Crippen molar-refractivity contribution in [2.45, 2.75) is 26.0 Å². The number of rotatable bonds is 3. The van der Waals surface area contributed by atoms with Crippen molar-refractivity contribution < 1.29 is 9.47 Å². The minimum atomic E-state index is -0.0360. The van der Waals surface area contributed by atoms with Crippen molar-refractivity contribution in [1.29, 1.82) is 0 Å². The van der Waals surface area contributed by atoms with Crippen LogP contribution in [0.25, 0.3) is 0 Å². The zero-order valence-corrected chi connectivity index (χ0v) is 12.7. The highest BCUT2D eigenvalue weighted by Gasteiger charge is 2.31. The van der Waals surface area contributed by atoms with Crippen LogP contribution in [0.15, 0.2) is 42.5 Å². The highest BCUT2D eigenvalue weighted by molar-refractivity contribution is 5.39. The molecule has 21 heavy (non-hydrogen) atoms. The summed E-state index contributed by atoms with van der Waals surface area (Å²) >= 11 is 0. The Morgan fingerprint density at radius 2 is 1.81 bits per heavy atom. The smallest absolute Gasteiger partial charge is 0.152 e. The Kier molecular flexibility index (Phi) is 3.84. The SMILES string of the molecule is CNC1c2ccccc2OCC1Oc1cc(C)cc(C)c1. The first-order valence-corrected chi connectivity index (χ1v) is 7.31. The van der Waals surface area contributed by atoms with E-state index < -0.39 is 0 Å². The van der Waals surface area contributed by atoms with E-state index in [4.69, 9.17) is 9.47 Å². The highest BCUT2D eigenvalue weighted by atomic mass is 16.5. The average Bonchev–Trinajstić information content (AvgIpc) is 2.46. The molecule has 3 heteroatoms. The van der Waals surface area contributed by atoms with Gasteiger partial charge in [0.2, 0.25) is 0 Å². The van der Waals surface area contributed by atoms with E-state index >= 15 is 0 Å². The van der Waals surface area contributed by atoms with Gasteiger partial charge in [-0.3, -0.25) is 0 Å². The number of hydrogen-bond acceptors (Lipinski definition) is 3. The summed E-state index contributed by atoms with van der Waals surface area (Å²) < 4.78 is 12.0. The molecule has 2 aromatic carbocycles. The first kappa shape index (κ1) is 14.0. The number of likely N-dealkylation sites (N-methyl/N-ethyl adjacent to an activating group) is 1. The van der Waals surface area contributed by atoms with Crippen LogP contribution in [0.5, 0.6) is 11.5 Å². The lowest BCUT2D eigenvalue weighted by Gasteiger charge is -2.33. The third-order valence-corrected chi connectivity index (χ3v) is 3.82. The van der Waals surface area contributed by atoms with E-state index in [9.17, 15) is 0 Å². The second-order valence-corrected chi connectivity index (χ2v) is 5.59. The lowest BCUT2D eigenvalue weighted by atomic mass is 9.98. The molecule has 0 aliphatic carbocycles. The van der Waals surface area contributed by atoms with E-state index in [-0.39, 0.29) is 12.1 Å². The van der Waals surface area contributed by atoms with Crippen LogP contribution in [0, 0.1) is 13.8 Å². The summed E-state index contributed by atoms with van der Waals surface area (Å²) in [4.78, 5) is 0. The second kappa shape index (κ2) is 5.78. The van der Waals surface area contributed by atoms with Crippen molar-refractivity contribution in [1.82, 2.24) is 5.32 Å². The van der Waals surface area contributed by atoms with E-state index in [0.717, 1.165) is 17.1 Å². The molecule has 1 aliphatic heterocycles. The van der Waals surface area contributed by atoms with Gasteiger partial charge >= 0.3 is 0 Å². The fraction of sp³-hybridized carbons (Fsp3) is 0.333. The molecule has 0 bridgehead atoms. The van der Waals surface area contributed by atoms with E-state index in [2.05, 4.69) is 43.4 Å². The molecular formula is C18H21NO2. The van der Waals surface area contributed by atoms with E-state index in [1.807, 2.05) is 25.2 Å². The molecule has 2 aromatic rings. The number of aryl methyl sites for hydroxylation is 2. The molecule has 1 N–H and O–H groups in total. The van der Waals surface area contributed by atoms with Gasteiger partial charge < -0.3 is 14.8 Å². The summed E-state index contributed by atoms with van der Waals surface area (Å²) in [6.45, 7) is 4.72. The lowest BCUT2D eigenvalue weighted by Crippen LogP contribution is -2.41. The van der Waals surface area contributed by atoms with Crippen LogP contribution >= 0.6 is 0 Å². The van der Waals surface area contributed by atoms with Gasteiger partial charge in [-0.15, -0.1) is 0 Å². The van der Waals surface area contributed by atoms with Crippen LogP contribution in [-0.4, -0.2) is 19.8 Å². The molecule has 2 atom stereocenters. The van der Waals surface area contributed by atoms with Crippen molar-refractivity contribution in [3.8, 4) is 11.5 Å². The van der Waals surface area contributed by atoms with Gasteiger partial charge in [0.25, 0.3) is 0 Å². The van der Waals surface area contributed by atoms with E-state index in [0.29, 0.717) is 6.61 Å². The third kappa shape index (κ3) is 2.88. The molecule has 2 unspecified atom stereocenters. The number of benzene rings is 2. The molecule has 0 amide bonds. The van der Waals surface area contributed by atoms with E-state index in [1.54, 1.807) is 0 Å². The maximum Gasteiger partial charge on any atom is 0.152 e. The quantitative estimate of drug-likeness (QED) is 0.936. The number of hydrogen-bond donors (Lipinski definition) is 1. The van der Waals surface area contributed by atoms with Crippen LogP contribution < -0.4 is 14.8 Å². The lowest BCUT2D eigenvalue weighted by molar-refractivity contribution is 0.0773. The molecule has 0 saturated heterocycles. The van der Waals surface area contributed by atoms with Crippen molar-refractivity contribution in [3.63, 3.8) is 0 Å². The molecular weight excluding hydrogens is 262 g/mol. The first-order valence-electron chi connectivity index (χ1n) is 7.31. The molecule has 3 rings (SSSR count). The minimum Gasteiger partial charge on any atom is -0.489 e. The van der Waals surface area contributed by atoms with Gasteiger partial charge in [0.15, 0.2) is 6.10 Å². The number of ether oxygens (including phenoxy) is 2. The maximum atomic E-state index is 6.19. The third-order valence-electron chi connectivity index (χ3n) is 3.82. The normalized spacial score (nSPS) is 20.5. The van der Waals surface area contributed by atoms with Gasteiger partial charge in [0, 0.05) is 5.56 Å². The molecule has 0 fully saturated rings. The van der Waals surface area contributed by atoms with Gasteiger partial charge in [-0.05, 0) is 50.2 Å². The standard InChI is InChI=1S/C18H21NO2/c1-12-8-13(2)10-14(9-12)21-17-11-20-16-7-5-4-6-15(16)18(17)19-3/h4-10,17-19H,11H2,1-3H3. The molecule has 0 aromatic heterocycles. The molecule has 0 saturated carbocycles. The Bertz CT molecular complexity index is 619. The molecule has 3 nitrogen and oxygen atoms in total. The Hall–Kier alpha value is -2.00. The fourth-order valence-electron chi connectivity index (χ4n) is 2.96. The summed E-state index contributed by atoms with van der Waals surface area (Å²) in [6.07, 6.45) is -0.0360. The summed E-state index contributed by atoms with van der Waals surface area (Å²) in [7, 11) is 1.96. The minimum absolute atomic E-state index is 0.0360. The topological polar surface area (TPSA) is 30.5 Å². The molecule has 0 spiro atoms. The fourth-order valence-corrected chi connectivity index (χ4v) is 2.96. The Morgan fingerprint density at radius 3 is 2.52 bits per heavy atom. The van der Waals surface area contributed by atoms with Crippen molar-refractivity contribution in [2.24, 2.45) is 0 Å². The average molecular weight is 283 g/mol. The summed E-state index contributed by atoms with van der Waals surface area (Å²) in [5, 5.41) is 3.35. The van der Waals surface area contributed by atoms with Gasteiger partial charge in [0.1, 0.15) is 18.1 Å². The van der Waals surface area contributed by atoms with E-state index in [1.165, 1.54) is 11.1 Å². The molecule has 1 heterocycles. The van der Waals surface area contributed by atoms with Gasteiger partial charge in [-0.25, -0.2) is 0 Å². The molecule has 1 aliphatic rings. The zero-order valence-electron chi connectivity index (χ0n) is 12.7. The first-order chi connectivity index (χ1) is 10.2. The number of fused-ring (bicyclic) bond motifs is 1. The molecule has 0 radical (unpaired) electrons. The van der Waals surface area contributed by atoms with Crippen molar-refractivity contribution >= 4 is 0 Å². The van der Waals surface area contributed by atoms with Gasteiger partial charge in [0.05, 0.1) is 6.04 Å².